The zero-order valence-corrected chi connectivity index (χ0v) is 15.3. The average molecular weight is 340 g/mol. The molecule has 0 unspecified atom stereocenters. The Bertz CT molecular complexity index is 532. The number of anilines is 1. The smallest absolute Gasteiger partial charge is 0.240 e. The third-order valence-corrected chi connectivity index (χ3v) is 5.12. The normalized spacial score (nSPS) is 21.3. The molecule has 1 fully saturated rings. The fourth-order valence-corrected chi connectivity index (χ4v) is 3.91. The average Bonchev–Trinajstić information content (AvgIpc) is 2.81. The summed E-state index contributed by atoms with van der Waals surface area (Å²) in [6, 6.07) is 0.347. The van der Waals surface area contributed by atoms with E-state index >= 15 is 0 Å². The molecule has 1 aromatic heterocycles. The largest absolute Gasteiger partial charge is 0.392 e. The molecule has 130 valence electrons. The summed E-state index contributed by atoms with van der Waals surface area (Å²) in [4.78, 5) is 22.3. The number of nitrogens with zero attached hydrogens (tertiary/aromatic N) is 3. The van der Waals surface area contributed by atoms with E-state index in [1.807, 2.05) is 13.8 Å². The number of β-amino-alcohol motifs (C(OH)–C–C–N with tert-alkyl or cyclic N) is 1. The highest BCUT2D eigenvalue weighted by atomic mass is 32.1. The molecule has 2 rings (SSSR count). The Balaban J connectivity index is 1.82. The highest BCUT2D eigenvalue weighted by Gasteiger charge is 2.25. The molecule has 6 nitrogen and oxygen atoms in total. The van der Waals surface area contributed by atoms with Gasteiger partial charge < -0.3 is 10.4 Å². The maximum absolute atomic E-state index is 12.2. The summed E-state index contributed by atoms with van der Waals surface area (Å²) in [5, 5.41) is 13.1. The van der Waals surface area contributed by atoms with Crippen molar-refractivity contribution in [2.24, 2.45) is 0 Å². The molecule has 0 aromatic carbocycles. The van der Waals surface area contributed by atoms with E-state index in [1.165, 1.54) is 16.2 Å². The predicted molar refractivity (Wildman–Crippen MR) is 94.0 cm³/mol. The van der Waals surface area contributed by atoms with Crippen LogP contribution >= 0.6 is 11.3 Å². The van der Waals surface area contributed by atoms with Crippen LogP contribution in [0.4, 0.5) is 5.13 Å². The summed E-state index contributed by atoms with van der Waals surface area (Å²) in [5.74, 6) is -0.00224. The van der Waals surface area contributed by atoms with Gasteiger partial charge in [0, 0.05) is 37.1 Å². The maximum Gasteiger partial charge on any atom is 0.240 e. The standard InChI is InChI=1S/C16H28N4O2S/c1-5-14-13(4)23-16(17-14)18-15(22)10-19-6-7-20(9-12(3)21)11(2)8-19/h11-12,21H,5-10H2,1-4H3,(H,17,18,22)/t11-,12-/m1/s1. The summed E-state index contributed by atoms with van der Waals surface area (Å²) >= 11 is 1.54. The summed E-state index contributed by atoms with van der Waals surface area (Å²) in [6.45, 7) is 11.7. The number of carbonyl (C=O) groups excluding carboxylic acids is 1. The topological polar surface area (TPSA) is 68.7 Å². The molecule has 1 aliphatic heterocycles. The van der Waals surface area contributed by atoms with E-state index in [9.17, 15) is 9.90 Å². The summed E-state index contributed by atoms with van der Waals surface area (Å²) in [6.07, 6.45) is 0.578. The molecule has 1 aliphatic rings. The lowest BCUT2D eigenvalue weighted by Crippen LogP contribution is -2.54. The third-order valence-electron chi connectivity index (χ3n) is 4.19. The van der Waals surface area contributed by atoms with E-state index in [0.29, 0.717) is 24.3 Å². The highest BCUT2D eigenvalue weighted by molar-refractivity contribution is 7.15. The Kier molecular flexibility index (Phi) is 6.52. The number of amides is 1. The quantitative estimate of drug-likeness (QED) is 0.818. The van der Waals surface area contributed by atoms with Crippen molar-refractivity contribution in [1.29, 1.82) is 0 Å². The Morgan fingerprint density at radius 2 is 2.26 bits per heavy atom. The lowest BCUT2D eigenvalue weighted by molar-refractivity contribution is -0.118. The molecular formula is C16H28N4O2S. The van der Waals surface area contributed by atoms with Gasteiger partial charge in [0.2, 0.25) is 5.91 Å². The van der Waals surface area contributed by atoms with Crippen LogP contribution in [-0.4, -0.2) is 70.7 Å². The van der Waals surface area contributed by atoms with Gasteiger partial charge in [-0.2, -0.15) is 0 Å². The minimum atomic E-state index is -0.312. The molecular weight excluding hydrogens is 312 g/mol. The molecule has 7 heteroatoms. The van der Waals surface area contributed by atoms with Gasteiger partial charge in [0.25, 0.3) is 0 Å². The monoisotopic (exact) mass is 340 g/mol. The number of aliphatic hydroxyl groups is 1. The van der Waals surface area contributed by atoms with E-state index in [1.54, 1.807) is 0 Å². The van der Waals surface area contributed by atoms with Crippen LogP contribution in [0.2, 0.25) is 0 Å². The van der Waals surface area contributed by atoms with Crippen molar-refractivity contribution < 1.29 is 9.90 Å². The molecule has 0 saturated carbocycles. The number of rotatable bonds is 6. The van der Waals surface area contributed by atoms with Crippen molar-refractivity contribution in [3.63, 3.8) is 0 Å². The van der Waals surface area contributed by atoms with Crippen LogP contribution in [0.3, 0.4) is 0 Å². The number of aromatic nitrogens is 1. The Labute approximate surface area is 142 Å². The van der Waals surface area contributed by atoms with Crippen LogP contribution in [0.25, 0.3) is 0 Å². The first kappa shape index (κ1) is 18.3. The van der Waals surface area contributed by atoms with Gasteiger partial charge in [-0.3, -0.25) is 14.6 Å². The van der Waals surface area contributed by atoms with Crippen molar-refractivity contribution >= 4 is 22.4 Å². The summed E-state index contributed by atoms with van der Waals surface area (Å²) in [7, 11) is 0. The van der Waals surface area contributed by atoms with Gasteiger partial charge in [-0.05, 0) is 27.2 Å². The van der Waals surface area contributed by atoms with Gasteiger partial charge in [-0.15, -0.1) is 11.3 Å². The van der Waals surface area contributed by atoms with E-state index < -0.39 is 0 Å². The SMILES string of the molecule is CCc1nc(NC(=O)CN2CCN(C[C@@H](C)O)[C@H](C)C2)sc1C. The number of hydrogen-bond donors (Lipinski definition) is 2. The minimum Gasteiger partial charge on any atom is -0.392 e. The maximum atomic E-state index is 12.2. The Hall–Kier alpha value is -1.02. The van der Waals surface area contributed by atoms with E-state index in [2.05, 4.69) is 33.9 Å². The number of aryl methyl sites for hydroxylation is 2. The van der Waals surface area contributed by atoms with Gasteiger partial charge in [0.1, 0.15) is 0 Å². The second kappa shape index (κ2) is 8.19. The Morgan fingerprint density at radius 3 is 2.83 bits per heavy atom. The molecule has 2 heterocycles. The van der Waals surface area contributed by atoms with Crippen LogP contribution in [-0.2, 0) is 11.2 Å². The lowest BCUT2D eigenvalue weighted by Gasteiger charge is -2.40. The fourth-order valence-electron chi connectivity index (χ4n) is 3.00. The molecule has 1 saturated heterocycles. The van der Waals surface area contributed by atoms with Crippen LogP contribution < -0.4 is 5.32 Å². The van der Waals surface area contributed by atoms with Gasteiger partial charge in [-0.25, -0.2) is 4.98 Å². The zero-order chi connectivity index (χ0) is 17.0. The van der Waals surface area contributed by atoms with Crippen molar-refractivity contribution in [2.75, 3.05) is 38.0 Å². The number of aliphatic hydroxyl groups excluding tert-OH is 1. The zero-order valence-electron chi connectivity index (χ0n) is 14.5. The second-order valence-corrected chi connectivity index (χ2v) is 7.55. The number of hydrogen-bond acceptors (Lipinski definition) is 6. The fraction of sp³-hybridized carbons (Fsp3) is 0.750. The van der Waals surface area contributed by atoms with E-state index in [0.717, 1.165) is 31.7 Å². The van der Waals surface area contributed by atoms with Crippen molar-refractivity contribution in [2.45, 2.75) is 46.3 Å². The molecule has 0 aliphatic carbocycles. The van der Waals surface area contributed by atoms with E-state index in [-0.39, 0.29) is 12.0 Å². The van der Waals surface area contributed by atoms with Crippen molar-refractivity contribution in [3.05, 3.63) is 10.6 Å². The molecule has 0 radical (unpaired) electrons. The van der Waals surface area contributed by atoms with Crippen LogP contribution in [0, 0.1) is 6.92 Å². The van der Waals surface area contributed by atoms with Crippen LogP contribution in [0.15, 0.2) is 0 Å². The number of thiazole rings is 1. The van der Waals surface area contributed by atoms with Gasteiger partial charge in [0.05, 0.1) is 18.3 Å². The van der Waals surface area contributed by atoms with Crippen molar-refractivity contribution in [1.82, 2.24) is 14.8 Å². The number of carbonyl (C=O) groups is 1. The first-order chi connectivity index (χ1) is 10.9. The third kappa shape index (κ3) is 5.24. The molecule has 2 N–H and O–H groups in total. The van der Waals surface area contributed by atoms with Crippen molar-refractivity contribution in [3.8, 4) is 0 Å². The van der Waals surface area contributed by atoms with Crippen LogP contribution in [0.5, 0.6) is 0 Å². The van der Waals surface area contributed by atoms with Gasteiger partial charge >= 0.3 is 0 Å². The molecule has 1 amide bonds. The summed E-state index contributed by atoms with van der Waals surface area (Å²) in [5.41, 5.74) is 1.06. The Morgan fingerprint density at radius 1 is 1.52 bits per heavy atom. The number of piperazine rings is 1. The number of nitrogens with one attached hydrogen (secondary N) is 1. The van der Waals surface area contributed by atoms with Gasteiger partial charge in [-0.1, -0.05) is 6.92 Å². The molecule has 1 aromatic rings. The lowest BCUT2D eigenvalue weighted by atomic mass is 10.1. The molecule has 23 heavy (non-hydrogen) atoms. The highest BCUT2D eigenvalue weighted by Crippen LogP contribution is 2.22. The van der Waals surface area contributed by atoms with E-state index in [4.69, 9.17) is 0 Å². The van der Waals surface area contributed by atoms with Crippen LogP contribution in [0.1, 0.15) is 31.3 Å². The minimum absolute atomic E-state index is 0.00224. The predicted octanol–water partition coefficient (Wildman–Crippen LogP) is 1.34. The molecule has 2 atom stereocenters. The molecule has 0 spiro atoms. The summed E-state index contributed by atoms with van der Waals surface area (Å²) < 4.78 is 0. The molecule has 0 bridgehead atoms. The van der Waals surface area contributed by atoms with Gasteiger partial charge in [0.15, 0.2) is 5.13 Å². The first-order valence-electron chi connectivity index (χ1n) is 8.29. The second-order valence-electron chi connectivity index (χ2n) is 6.35. The first-order valence-corrected chi connectivity index (χ1v) is 9.11.